The summed E-state index contributed by atoms with van der Waals surface area (Å²) in [5.41, 5.74) is 1.55. The molecular formula is C14H13N3O3. The Morgan fingerprint density at radius 1 is 1.40 bits per heavy atom. The number of carboxylic acid groups (broad SMARTS) is 1. The van der Waals surface area contributed by atoms with Crippen LogP contribution in [0.3, 0.4) is 0 Å². The van der Waals surface area contributed by atoms with Gasteiger partial charge in [0.1, 0.15) is 5.82 Å². The molecule has 6 nitrogen and oxygen atoms in total. The van der Waals surface area contributed by atoms with E-state index < -0.39 is 5.97 Å². The summed E-state index contributed by atoms with van der Waals surface area (Å²) < 4.78 is 6.98. The molecule has 102 valence electrons. The van der Waals surface area contributed by atoms with Gasteiger partial charge in [-0.2, -0.15) is 0 Å². The summed E-state index contributed by atoms with van der Waals surface area (Å²) in [4.78, 5) is 15.9. The van der Waals surface area contributed by atoms with Crippen molar-refractivity contribution in [3.8, 4) is 0 Å². The van der Waals surface area contributed by atoms with Gasteiger partial charge in [0, 0.05) is 12.5 Å². The third-order valence-corrected chi connectivity index (χ3v) is 3.20. The summed E-state index contributed by atoms with van der Waals surface area (Å²) in [6.45, 7) is 2.41. The van der Waals surface area contributed by atoms with E-state index in [-0.39, 0.29) is 5.56 Å². The lowest BCUT2D eigenvalue weighted by atomic mass is 10.2. The van der Waals surface area contributed by atoms with E-state index in [0.717, 1.165) is 5.82 Å². The van der Waals surface area contributed by atoms with Crippen LogP contribution in [0.1, 0.15) is 28.9 Å². The first-order valence-electron chi connectivity index (χ1n) is 6.31. The standard InChI is InChI=1S/C14H13N3O3/c1-2-12-16-11-5-3-4-10(14(18)19)13(11)17(12)8-9-6-7-15-20-9/h3-7H,2,8H2,1H3,(H,18,19). The number of imidazole rings is 1. The second-order valence-electron chi connectivity index (χ2n) is 4.42. The van der Waals surface area contributed by atoms with Crippen LogP contribution in [0.5, 0.6) is 0 Å². The highest BCUT2D eigenvalue weighted by Gasteiger charge is 2.17. The van der Waals surface area contributed by atoms with Crippen molar-refractivity contribution in [3.63, 3.8) is 0 Å². The first-order chi connectivity index (χ1) is 9.70. The first-order valence-corrected chi connectivity index (χ1v) is 6.31. The van der Waals surface area contributed by atoms with Crippen LogP contribution in [0, 0.1) is 0 Å². The maximum absolute atomic E-state index is 11.4. The number of fused-ring (bicyclic) bond motifs is 1. The molecule has 0 unspecified atom stereocenters. The topological polar surface area (TPSA) is 81.1 Å². The normalized spacial score (nSPS) is 11.1. The molecule has 0 saturated carbocycles. The van der Waals surface area contributed by atoms with E-state index in [4.69, 9.17) is 4.52 Å². The number of hydrogen-bond donors (Lipinski definition) is 1. The molecule has 0 aliphatic rings. The van der Waals surface area contributed by atoms with Crippen molar-refractivity contribution in [2.45, 2.75) is 19.9 Å². The maximum Gasteiger partial charge on any atom is 0.337 e. The Morgan fingerprint density at radius 3 is 2.90 bits per heavy atom. The predicted molar refractivity (Wildman–Crippen MR) is 71.7 cm³/mol. The predicted octanol–water partition coefficient (Wildman–Crippen LogP) is 2.33. The molecule has 2 aromatic heterocycles. The number of benzene rings is 1. The number of hydrogen-bond acceptors (Lipinski definition) is 4. The molecule has 0 aliphatic heterocycles. The number of para-hydroxylation sites is 1. The van der Waals surface area contributed by atoms with Gasteiger partial charge >= 0.3 is 5.97 Å². The SMILES string of the molecule is CCc1nc2cccc(C(=O)O)c2n1Cc1ccno1. The van der Waals surface area contributed by atoms with Crippen LogP contribution in [0.4, 0.5) is 0 Å². The average molecular weight is 271 g/mol. The fourth-order valence-corrected chi connectivity index (χ4v) is 2.33. The molecule has 0 spiro atoms. The Balaban J connectivity index is 2.24. The van der Waals surface area contributed by atoms with Gasteiger partial charge in [-0.25, -0.2) is 9.78 Å². The Labute approximate surface area is 114 Å². The molecule has 0 radical (unpaired) electrons. The van der Waals surface area contributed by atoms with E-state index in [2.05, 4.69) is 10.1 Å². The van der Waals surface area contributed by atoms with Gasteiger partial charge in [0.15, 0.2) is 5.76 Å². The quantitative estimate of drug-likeness (QED) is 0.787. The lowest BCUT2D eigenvalue weighted by Crippen LogP contribution is -2.07. The number of carboxylic acids is 1. The number of nitrogens with zero attached hydrogens (tertiary/aromatic N) is 3. The highest BCUT2D eigenvalue weighted by Crippen LogP contribution is 2.22. The fourth-order valence-electron chi connectivity index (χ4n) is 2.33. The molecule has 1 N–H and O–H groups in total. The zero-order chi connectivity index (χ0) is 14.1. The van der Waals surface area contributed by atoms with Crippen molar-refractivity contribution in [1.82, 2.24) is 14.7 Å². The molecule has 0 atom stereocenters. The summed E-state index contributed by atoms with van der Waals surface area (Å²) in [7, 11) is 0. The van der Waals surface area contributed by atoms with E-state index in [9.17, 15) is 9.90 Å². The summed E-state index contributed by atoms with van der Waals surface area (Å²) >= 11 is 0. The number of carbonyl (C=O) groups is 1. The largest absolute Gasteiger partial charge is 0.478 e. The van der Waals surface area contributed by atoms with Crippen LogP contribution in [0.2, 0.25) is 0 Å². The van der Waals surface area contributed by atoms with E-state index in [1.165, 1.54) is 0 Å². The lowest BCUT2D eigenvalue weighted by molar-refractivity contribution is 0.0698. The zero-order valence-electron chi connectivity index (χ0n) is 10.9. The van der Waals surface area contributed by atoms with Crippen molar-refractivity contribution in [2.75, 3.05) is 0 Å². The van der Waals surface area contributed by atoms with Gasteiger partial charge in [0.25, 0.3) is 0 Å². The number of aryl methyl sites for hydroxylation is 1. The Morgan fingerprint density at radius 2 is 2.25 bits per heavy atom. The van der Waals surface area contributed by atoms with E-state index in [1.807, 2.05) is 17.6 Å². The highest BCUT2D eigenvalue weighted by atomic mass is 16.5. The summed E-state index contributed by atoms with van der Waals surface area (Å²) in [5, 5.41) is 13.0. The Bertz CT molecular complexity index is 759. The van der Waals surface area contributed by atoms with Crippen LogP contribution in [-0.4, -0.2) is 25.8 Å². The minimum atomic E-state index is -0.961. The van der Waals surface area contributed by atoms with E-state index in [0.29, 0.717) is 29.8 Å². The van der Waals surface area contributed by atoms with Crippen molar-refractivity contribution in [1.29, 1.82) is 0 Å². The monoisotopic (exact) mass is 271 g/mol. The molecule has 0 saturated heterocycles. The Kier molecular flexibility index (Phi) is 2.98. The average Bonchev–Trinajstić information content (AvgIpc) is 3.06. The third-order valence-electron chi connectivity index (χ3n) is 3.20. The number of rotatable bonds is 4. The van der Waals surface area contributed by atoms with Gasteiger partial charge in [-0.15, -0.1) is 0 Å². The van der Waals surface area contributed by atoms with Crippen LogP contribution < -0.4 is 0 Å². The Hall–Kier alpha value is -2.63. The second kappa shape index (κ2) is 4.80. The minimum absolute atomic E-state index is 0.245. The van der Waals surface area contributed by atoms with E-state index >= 15 is 0 Å². The fraction of sp³-hybridized carbons (Fsp3) is 0.214. The first kappa shape index (κ1) is 12.4. The molecule has 0 fully saturated rings. The molecule has 0 amide bonds. The van der Waals surface area contributed by atoms with Gasteiger partial charge < -0.3 is 14.2 Å². The van der Waals surface area contributed by atoms with Crippen molar-refractivity contribution < 1.29 is 14.4 Å². The molecule has 3 rings (SSSR count). The van der Waals surface area contributed by atoms with E-state index in [1.54, 1.807) is 24.4 Å². The number of aromatic nitrogens is 3. The molecule has 0 bridgehead atoms. The summed E-state index contributed by atoms with van der Waals surface area (Å²) in [6, 6.07) is 6.87. The molecule has 3 aromatic rings. The molecule has 6 heteroatoms. The van der Waals surface area contributed by atoms with Gasteiger partial charge in [-0.1, -0.05) is 18.1 Å². The van der Waals surface area contributed by atoms with Gasteiger partial charge in [-0.05, 0) is 12.1 Å². The van der Waals surface area contributed by atoms with Crippen LogP contribution in [-0.2, 0) is 13.0 Å². The highest BCUT2D eigenvalue weighted by molar-refractivity contribution is 6.01. The smallest absolute Gasteiger partial charge is 0.337 e. The van der Waals surface area contributed by atoms with Crippen molar-refractivity contribution >= 4 is 17.0 Å². The summed E-state index contributed by atoms with van der Waals surface area (Å²) in [6.07, 6.45) is 2.28. The van der Waals surface area contributed by atoms with Crippen molar-refractivity contribution in [2.24, 2.45) is 0 Å². The number of aromatic carboxylic acids is 1. The third kappa shape index (κ3) is 1.95. The molecule has 2 heterocycles. The molecular weight excluding hydrogens is 258 g/mol. The van der Waals surface area contributed by atoms with Crippen LogP contribution in [0.15, 0.2) is 35.0 Å². The van der Waals surface area contributed by atoms with Gasteiger partial charge in [0.2, 0.25) is 0 Å². The molecule has 0 aliphatic carbocycles. The zero-order valence-corrected chi connectivity index (χ0v) is 10.9. The lowest BCUT2D eigenvalue weighted by Gasteiger charge is -2.07. The van der Waals surface area contributed by atoms with Gasteiger partial charge in [0.05, 0.1) is 29.3 Å². The van der Waals surface area contributed by atoms with Crippen LogP contribution >= 0.6 is 0 Å². The van der Waals surface area contributed by atoms with Crippen LogP contribution in [0.25, 0.3) is 11.0 Å². The van der Waals surface area contributed by atoms with Crippen molar-refractivity contribution in [3.05, 3.63) is 47.6 Å². The molecule has 20 heavy (non-hydrogen) atoms. The van der Waals surface area contributed by atoms with Gasteiger partial charge in [-0.3, -0.25) is 0 Å². The minimum Gasteiger partial charge on any atom is -0.478 e. The molecule has 1 aromatic carbocycles. The second-order valence-corrected chi connectivity index (χ2v) is 4.42. The summed E-state index contributed by atoms with van der Waals surface area (Å²) in [5.74, 6) is 0.529. The maximum atomic E-state index is 11.4.